The first-order valence-corrected chi connectivity index (χ1v) is 6.96. The number of carbonyl (C=O) groups excluding carboxylic acids is 2. The second-order valence-corrected chi connectivity index (χ2v) is 5.59. The Labute approximate surface area is 116 Å². The first-order valence-electron chi connectivity index (χ1n) is 6.96. The summed E-state index contributed by atoms with van der Waals surface area (Å²) in [7, 11) is 0. The molecule has 1 aromatic rings. The highest BCUT2D eigenvalue weighted by molar-refractivity contribution is 5.91. The van der Waals surface area contributed by atoms with E-state index in [1.165, 1.54) is 12.1 Å². The zero-order chi connectivity index (χ0) is 14.2. The fraction of sp³-hybridized carbons (Fsp3) is 0.467. The van der Waals surface area contributed by atoms with Crippen molar-refractivity contribution in [1.29, 1.82) is 0 Å². The van der Waals surface area contributed by atoms with Gasteiger partial charge in [0.25, 0.3) is 0 Å². The lowest BCUT2D eigenvalue weighted by molar-refractivity contribution is -0.128. The predicted octanol–water partition coefficient (Wildman–Crippen LogP) is 1.60. The third kappa shape index (κ3) is 2.28. The van der Waals surface area contributed by atoms with E-state index in [4.69, 9.17) is 0 Å². The van der Waals surface area contributed by atoms with Crippen LogP contribution in [0.4, 0.5) is 4.39 Å². The lowest BCUT2D eigenvalue weighted by atomic mass is 9.71. The Hall–Kier alpha value is -1.91. The molecule has 2 fully saturated rings. The maximum absolute atomic E-state index is 13.0. The Bertz CT molecular complexity index is 537. The average molecular weight is 276 g/mol. The highest BCUT2D eigenvalue weighted by atomic mass is 19.1. The number of nitrogens with one attached hydrogen (secondary N) is 2. The molecule has 0 spiro atoms. The molecule has 1 atom stereocenters. The molecule has 0 unspecified atom stereocenters. The van der Waals surface area contributed by atoms with Crippen LogP contribution in [-0.4, -0.2) is 17.9 Å². The largest absolute Gasteiger partial charge is 0.345 e. The third-order valence-corrected chi connectivity index (χ3v) is 4.28. The topological polar surface area (TPSA) is 58.2 Å². The van der Waals surface area contributed by atoms with Gasteiger partial charge in [0, 0.05) is 6.42 Å². The fourth-order valence-electron chi connectivity index (χ4n) is 2.92. The molecule has 3 rings (SSSR count). The van der Waals surface area contributed by atoms with Crippen molar-refractivity contribution < 1.29 is 14.0 Å². The van der Waals surface area contributed by atoms with Crippen molar-refractivity contribution in [3.05, 3.63) is 35.6 Å². The number of hydrogen-bond donors (Lipinski definition) is 2. The molecule has 4 nitrogen and oxygen atoms in total. The van der Waals surface area contributed by atoms with Gasteiger partial charge in [-0.3, -0.25) is 9.59 Å². The highest BCUT2D eigenvalue weighted by Gasteiger charge is 2.42. The Morgan fingerprint density at radius 1 is 1.30 bits per heavy atom. The number of benzene rings is 1. The Morgan fingerprint density at radius 3 is 2.50 bits per heavy atom. The van der Waals surface area contributed by atoms with Crippen molar-refractivity contribution in [2.24, 2.45) is 0 Å². The molecule has 2 N–H and O–H groups in total. The van der Waals surface area contributed by atoms with Gasteiger partial charge in [0.05, 0.1) is 5.54 Å². The van der Waals surface area contributed by atoms with Crippen molar-refractivity contribution in [3.63, 3.8) is 0 Å². The molecule has 0 aromatic heterocycles. The van der Waals surface area contributed by atoms with E-state index in [1.54, 1.807) is 12.1 Å². The smallest absolute Gasteiger partial charge is 0.243 e. The van der Waals surface area contributed by atoms with Crippen LogP contribution in [0.5, 0.6) is 0 Å². The van der Waals surface area contributed by atoms with Crippen LogP contribution in [0, 0.1) is 5.82 Å². The van der Waals surface area contributed by atoms with Crippen molar-refractivity contribution >= 4 is 11.8 Å². The second kappa shape index (κ2) is 4.89. The summed E-state index contributed by atoms with van der Waals surface area (Å²) in [5.74, 6) is -0.493. The minimum atomic E-state index is -0.430. The molecule has 2 amide bonds. The Balaban J connectivity index is 1.74. The maximum atomic E-state index is 13.0. The van der Waals surface area contributed by atoms with Gasteiger partial charge in [-0.15, -0.1) is 0 Å². The van der Waals surface area contributed by atoms with Gasteiger partial charge >= 0.3 is 0 Å². The number of amides is 2. The standard InChI is InChI=1S/C15H17FN2O2/c16-11-4-2-10(3-5-11)15(8-1-9-15)18-14(20)12-6-7-13(19)17-12/h2-5,12H,1,6-9H2,(H,17,19)(H,18,20)/t12-/m1/s1. The van der Waals surface area contributed by atoms with E-state index in [0.717, 1.165) is 24.8 Å². The third-order valence-electron chi connectivity index (χ3n) is 4.28. The molecule has 106 valence electrons. The van der Waals surface area contributed by atoms with Crippen LogP contribution in [0.15, 0.2) is 24.3 Å². The number of carbonyl (C=O) groups is 2. The Morgan fingerprint density at radius 2 is 2.00 bits per heavy atom. The molecule has 1 aliphatic heterocycles. The quantitative estimate of drug-likeness (QED) is 0.881. The minimum absolute atomic E-state index is 0.0745. The molecular formula is C15H17FN2O2. The van der Waals surface area contributed by atoms with Crippen LogP contribution in [0.3, 0.4) is 0 Å². The molecule has 1 heterocycles. The lowest BCUT2D eigenvalue weighted by Crippen LogP contribution is -2.55. The summed E-state index contributed by atoms with van der Waals surface area (Å²) < 4.78 is 13.0. The highest BCUT2D eigenvalue weighted by Crippen LogP contribution is 2.41. The van der Waals surface area contributed by atoms with Gasteiger partial charge in [0.2, 0.25) is 11.8 Å². The first kappa shape index (κ1) is 13.1. The molecule has 0 radical (unpaired) electrons. The summed E-state index contributed by atoms with van der Waals surface area (Å²) >= 11 is 0. The number of halogens is 1. The van der Waals surface area contributed by atoms with Gasteiger partial charge < -0.3 is 10.6 Å². The van der Waals surface area contributed by atoms with Crippen LogP contribution >= 0.6 is 0 Å². The number of hydrogen-bond acceptors (Lipinski definition) is 2. The van der Waals surface area contributed by atoms with E-state index < -0.39 is 11.6 Å². The molecular weight excluding hydrogens is 259 g/mol. The Kier molecular flexibility index (Phi) is 3.20. The molecule has 1 saturated carbocycles. The van der Waals surface area contributed by atoms with Crippen molar-refractivity contribution in [1.82, 2.24) is 10.6 Å². The molecule has 5 heteroatoms. The zero-order valence-corrected chi connectivity index (χ0v) is 11.1. The summed E-state index contributed by atoms with van der Waals surface area (Å²) in [4.78, 5) is 23.4. The SMILES string of the molecule is O=C1CC[C@H](C(=O)NC2(c3ccc(F)cc3)CCC2)N1. The van der Waals surface area contributed by atoms with E-state index in [-0.39, 0.29) is 17.6 Å². The van der Waals surface area contributed by atoms with E-state index in [2.05, 4.69) is 10.6 Å². The van der Waals surface area contributed by atoms with Crippen molar-refractivity contribution in [2.75, 3.05) is 0 Å². The molecule has 1 aromatic carbocycles. The molecule has 20 heavy (non-hydrogen) atoms. The summed E-state index contributed by atoms with van der Waals surface area (Å²) in [5, 5.41) is 5.73. The van der Waals surface area contributed by atoms with Crippen LogP contribution in [0.25, 0.3) is 0 Å². The van der Waals surface area contributed by atoms with Gasteiger partial charge in [-0.05, 0) is 43.4 Å². The van der Waals surface area contributed by atoms with Gasteiger partial charge in [-0.25, -0.2) is 4.39 Å². The normalized spacial score (nSPS) is 23.9. The van der Waals surface area contributed by atoms with Crippen molar-refractivity contribution in [3.8, 4) is 0 Å². The summed E-state index contributed by atoms with van der Waals surface area (Å²) in [6.45, 7) is 0. The van der Waals surface area contributed by atoms with Gasteiger partial charge in [0.15, 0.2) is 0 Å². The van der Waals surface area contributed by atoms with Crippen LogP contribution in [-0.2, 0) is 15.1 Å². The molecule has 0 bridgehead atoms. The maximum Gasteiger partial charge on any atom is 0.243 e. The zero-order valence-electron chi connectivity index (χ0n) is 11.1. The first-order chi connectivity index (χ1) is 9.59. The van der Waals surface area contributed by atoms with Gasteiger partial charge in [-0.1, -0.05) is 12.1 Å². The fourth-order valence-corrected chi connectivity index (χ4v) is 2.92. The monoisotopic (exact) mass is 276 g/mol. The van der Waals surface area contributed by atoms with Crippen molar-refractivity contribution in [2.45, 2.75) is 43.7 Å². The average Bonchev–Trinajstić information content (AvgIpc) is 2.82. The van der Waals surface area contributed by atoms with Crippen LogP contribution in [0.2, 0.25) is 0 Å². The van der Waals surface area contributed by atoms with Gasteiger partial charge in [-0.2, -0.15) is 0 Å². The molecule has 1 saturated heterocycles. The summed E-state index contributed by atoms with van der Waals surface area (Å²) in [5.41, 5.74) is 0.542. The van der Waals surface area contributed by atoms with E-state index in [1.807, 2.05) is 0 Å². The van der Waals surface area contributed by atoms with Crippen LogP contribution < -0.4 is 10.6 Å². The van der Waals surface area contributed by atoms with E-state index in [0.29, 0.717) is 12.8 Å². The molecule has 1 aliphatic carbocycles. The minimum Gasteiger partial charge on any atom is -0.345 e. The lowest BCUT2D eigenvalue weighted by Gasteiger charge is -2.43. The van der Waals surface area contributed by atoms with Crippen LogP contribution in [0.1, 0.15) is 37.7 Å². The van der Waals surface area contributed by atoms with Gasteiger partial charge in [0.1, 0.15) is 11.9 Å². The summed E-state index contributed by atoms with van der Waals surface area (Å²) in [6.07, 6.45) is 3.69. The second-order valence-electron chi connectivity index (χ2n) is 5.59. The van der Waals surface area contributed by atoms with E-state index in [9.17, 15) is 14.0 Å². The number of rotatable bonds is 3. The predicted molar refractivity (Wildman–Crippen MR) is 71.2 cm³/mol. The van der Waals surface area contributed by atoms with E-state index >= 15 is 0 Å². The molecule has 2 aliphatic rings. The summed E-state index contributed by atoms with van der Waals surface area (Å²) in [6, 6.07) is 5.85.